The second kappa shape index (κ2) is 3.57. The highest BCUT2D eigenvalue weighted by Crippen LogP contribution is 2.15. The lowest BCUT2D eigenvalue weighted by Gasteiger charge is -1.95. The SMILES string of the molecule is Bc1cnc2[nH]cc(C(=O)CBr)c2c1. The zero-order valence-corrected chi connectivity index (χ0v) is 9.26. The van der Waals surface area contributed by atoms with Crippen LogP contribution in [0.25, 0.3) is 11.0 Å². The summed E-state index contributed by atoms with van der Waals surface area (Å²) in [5.41, 5.74) is 2.52. The summed E-state index contributed by atoms with van der Waals surface area (Å²) in [6.45, 7) is 0. The number of halogens is 1. The Morgan fingerprint density at radius 3 is 3.14 bits per heavy atom. The van der Waals surface area contributed by atoms with Gasteiger partial charge in [-0.1, -0.05) is 27.5 Å². The molecule has 0 aliphatic heterocycles. The van der Waals surface area contributed by atoms with Crippen molar-refractivity contribution in [2.24, 2.45) is 0 Å². The predicted octanol–water partition coefficient (Wildman–Crippen LogP) is 0.399. The number of carbonyl (C=O) groups is 1. The molecule has 1 N–H and O–H groups in total. The van der Waals surface area contributed by atoms with Gasteiger partial charge in [-0.2, -0.15) is 0 Å². The van der Waals surface area contributed by atoms with E-state index in [1.54, 1.807) is 12.4 Å². The highest BCUT2D eigenvalue weighted by molar-refractivity contribution is 9.09. The molecule has 14 heavy (non-hydrogen) atoms. The highest BCUT2D eigenvalue weighted by Gasteiger charge is 2.10. The van der Waals surface area contributed by atoms with Crippen molar-refractivity contribution in [2.75, 3.05) is 5.33 Å². The summed E-state index contributed by atoms with van der Waals surface area (Å²) in [6, 6.07) is 1.97. The fourth-order valence-electron chi connectivity index (χ4n) is 1.41. The number of fused-ring (bicyclic) bond motifs is 1. The maximum atomic E-state index is 11.5. The van der Waals surface area contributed by atoms with Crippen molar-refractivity contribution < 1.29 is 4.79 Å². The number of Topliss-reactive ketones (excluding diaryl/α,β-unsaturated/α-hetero) is 1. The van der Waals surface area contributed by atoms with Gasteiger partial charge in [0.05, 0.1) is 5.33 Å². The minimum absolute atomic E-state index is 0.0728. The molecule has 3 nitrogen and oxygen atoms in total. The summed E-state index contributed by atoms with van der Waals surface area (Å²) >= 11 is 3.16. The number of nitrogens with one attached hydrogen (secondary N) is 1. The van der Waals surface area contributed by atoms with Gasteiger partial charge in [-0.25, -0.2) is 4.98 Å². The van der Waals surface area contributed by atoms with Gasteiger partial charge in [-0.05, 0) is 0 Å². The minimum Gasteiger partial charge on any atom is -0.345 e. The first-order valence-corrected chi connectivity index (χ1v) is 5.37. The molecule has 0 bridgehead atoms. The fourth-order valence-corrected chi connectivity index (χ4v) is 1.71. The lowest BCUT2D eigenvalue weighted by Crippen LogP contribution is -2.04. The molecule has 2 rings (SSSR count). The Morgan fingerprint density at radius 1 is 1.64 bits per heavy atom. The molecule has 0 unspecified atom stereocenters. The number of hydrogen-bond acceptors (Lipinski definition) is 2. The van der Waals surface area contributed by atoms with Crippen LogP contribution in [0, 0.1) is 0 Å². The molecule has 0 spiro atoms. The summed E-state index contributed by atoms with van der Waals surface area (Å²) in [5, 5.41) is 1.24. The molecule has 2 aromatic rings. The summed E-state index contributed by atoms with van der Waals surface area (Å²) in [4.78, 5) is 18.7. The lowest BCUT2D eigenvalue weighted by molar-refractivity contribution is 0.102. The van der Waals surface area contributed by atoms with E-state index in [4.69, 9.17) is 0 Å². The van der Waals surface area contributed by atoms with Crippen molar-refractivity contribution in [2.45, 2.75) is 0 Å². The third-order valence-corrected chi connectivity index (χ3v) is 2.60. The molecule has 0 atom stereocenters. The van der Waals surface area contributed by atoms with Gasteiger partial charge >= 0.3 is 0 Å². The van der Waals surface area contributed by atoms with Crippen molar-refractivity contribution >= 4 is 46.1 Å². The third-order valence-electron chi connectivity index (χ3n) is 2.09. The molecule has 5 heteroatoms. The van der Waals surface area contributed by atoms with Crippen LogP contribution in [0.2, 0.25) is 0 Å². The highest BCUT2D eigenvalue weighted by atomic mass is 79.9. The van der Waals surface area contributed by atoms with Crippen molar-refractivity contribution in [1.29, 1.82) is 0 Å². The van der Waals surface area contributed by atoms with Crippen molar-refractivity contribution in [1.82, 2.24) is 9.97 Å². The van der Waals surface area contributed by atoms with E-state index in [1.807, 2.05) is 13.9 Å². The number of nitrogens with zero attached hydrogens (tertiary/aromatic N) is 1. The van der Waals surface area contributed by atoms with Crippen LogP contribution in [0.15, 0.2) is 18.5 Å². The minimum atomic E-state index is 0.0728. The molecule has 0 saturated carbocycles. The summed E-state index contributed by atoms with van der Waals surface area (Å²) in [6.07, 6.45) is 3.49. The molecule has 2 heterocycles. The molecular weight excluding hydrogens is 243 g/mol. The monoisotopic (exact) mass is 250 g/mol. The quantitative estimate of drug-likeness (QED) is 0.477. The Hall–Kier alpha value is -1.10. The van der Waals surface area contributed by atoms with Crippen LogP contribution in [0.3, 0.4) is 0 Å². The van der Waals surface area contributed by atoms with Crippen molar-refractivity contribution in [3.05, 3.63) is 24.0 Å². The molecule has 0 aliphatic carbocycles. The second-order valence-corrected chi connectivity index (χ2v) is 3.73. The average Bonchev–Trinajstić information content (AvgIpc) is 2.59. The molecular formula is C9H8BBrN2O. The van der Waals surface area contributed by atoms with E-state index >= 15 is 0 Å². The Kier molecular flexibility index (Phi) is 2.41. The van der Waals surface area contributed by atoms with Gasteiger partial charge < -0.3 is 4.98 Å². The van der Waals surface area contributed by atoms with E-state index in [0.717, 1.165) is 16.5 Å². The number of ketones is 1. The van der Waals surface area contributed by atoms with Gasteiger partial charge in [-0.15, -0.1) is 0 Å². The van der Waals surface area contributed by atoms with Crippen LogP contribution in [-0.2, 0) is 0 Å². The van der Waals surface area contributed by atoms with E-state index < -0.39 is 0 Å². The maximum absolute atomic E-state index is 11.5. The lowest BCUT2D eigenvalue weighted by atomic mass is 9.97. The van der Waals surface area contributed by atoms with E-state index in [-0.39, 0.29) is 5.78 Å². The number of aromatic nitrogens is 2. The molecule has 70 valence electrons. The Labute approximate surface area is 90.5 Å². The Bertz CT molecular complexity index is 495. The zero-order chi connectivity index (χ0) is 10.1. The second-order valence-electron chi connectivity index (χ2n) is 3.17. The van der Waals surface area contributed by atoms with Gasteiger partial charge in [0, 0.05) is 23.3 Å². The first kappa shape index (κ1) is 9.46. The predicted molar refractivity (Wildman–Crippen MR) is 62.4 cm³/mol. The summed E-state index contributed by atoms with van der Waals surface area (Å²) in [5.74, 6) is 0.0728. The molecule has 0 radical (unpaired) electrons. The number of H-pyrrole nitrogens is 1. The summed E-state index contributed by atoms with van der Waals surface area (Å²) in [7, 11) is 1.96. The number of rotatable bonds is 2. The van der Waals surface area contributed by atoms with Crippen LogP contribution in [-0.4, -0.2) is 28.9 Å². The molecule has 2 aromatic heterocycles. The van der Waals surface area contributed by atoms with Gasteiger partial charge in [0.2, 0.25) is 0 Å². The molecule has 0 aromatic carbocycles. The largest absolute Gasteiger partial charge is 0.345 e. The fraction of sp³-hybridized carbons (Fsp3) is 0.111. The Balaban J connectivity index is 2.67. The van der Waals surface area contributed by atoms with Gasteiger partial charge in [0.1, 0.15) is 13.5 Å². The van der Waals surface area contributed by atoms with Gasteiger partial charge in [-0.3, -0.25) is 4.79 Å². The van der Waals surface area contributed by atoms with Crippen LogP contribution < -0.4 is 5.46 Å². The summed E-state index contributed by atoms with van der Waals surface area (Å²) < 4.78 is 0. The van der Waals surface area contributed by atoms with E-state index in [2.05, 4.69) is 25.9 Å². The molecule has 0 saturated heterocycles. The number of hydrogen-bond donors (Lipinski definition) is 1. The van der Waals surface area contributed by atoms with Crippen LogP contribution in [0.4, 0.5) is 0 Å². The smallest absolute Gasteiger partial charge is 0.175 e. The topological polar surface area (TPSA) is 45.8 Å². The van der Waals surface area contributed by atoms with Gasteiger partial charge in [0.15, 0.2) is 5.78 Å². The van der Waals surface area contributed by atoms with E-state index in [1.165, 1.54) is 0 Å². The maximum Gasteiger partial charge on any atom is 0.175 e. The van der Waals surface area contributed by atoms with Crippen LogP contribution >= 0.6 is 15.9 Å². The third kappa shape index (κ3) is 1.48. The number of carbonyl (C=O) groups excluding carboxylic acids is 1. The molecule has 0 fully saturated rings. The van der Waals surface area contributed by atoms with Gasteiger partial charge in [0.25, 0.3) is 0 Å². The van der Waals surface area contributed by atoms with Crippen LogP contribution in [0.1, 0.15) is 10.4 Å². The van der Waals surface area contributed by atoms with Crippen molar-refractivity contribution in [3.63, 3.8) is 0 Å². The first-order chi connectivity index (χ1) is 6.72. The molecule has 0 aliphatic rings. The number of pyridine rings is 1. The van der Waals surface area contributed by atoms with E-state index in [9.17, 15) is 4.79 Å². The van der Waals surface area contributed by atoms with Crippen LogP contribution in [0.5, 0.6) is 0 Å². The van der Waals surface area contributed by atoms with Crippen molar-refractivity contribution in [3.8, 4) is 0 Å². The zero-order valence-electron chi connectivity index (χ0n) is 7.67. The number of aromatic amines is 1. The standard InChI is InChI=1S/C9H8BBrN2O/c10-5-1-6-7(8(14)2-11)4-13-9(6)12-3-5/h1,3-4H,2,10H2,(H,12,13). The normalized spacial score (nSPS) is 10.6. The number of alkyl halides is 1. The first-order valence-electron chi connectivity index (χ1n) is 4.25. The Morgan fingerprint density at radius 2 is 2.43 bits per heavy atom. The molecule has 0 amide bonds. The average molecular weight is 251 g/mol. The van der Waals surface area contributed by atoms with E-state index in [0.29, 0.717) is 10.9 Å².